The zero-order valence-electron chi connectivity index (χ0n) is 12.0. The fraction of sp³-hybridized carbons (Fsp3) is 0.562. The van der Waals surface area contributed by atoms with Crippen LogP contribution in [-0.4, -0.2) is 19.0 Å². The summed E-state index contributed by atoms with van der Waals surface area (Å²) in [6, 6.07) is 6.01. The van der Waals surface area contributed by atoms with Gasteiger partial charge in [0.1, 0.15) is 0 Å². The Kier molecular flexibility index (Phi) is 4.83. The Balaban J connectivity index is 2.07. The van der Waals surface area contributed by atoms with Crippen LogP contribution in [0.2, 0.25) is 0 Å². The summed E-state index contributed by atoms with van der Waals surface area (Å²) >= 11 is 0. The number of benzene rings is 1. The van der Waals surface area contributed by atoms with Crippen LogP contribution in [0.4, 0.5) is 5.69 Å². The molecule has 0 bridgehead atoms. The van der Waals surface area contributed by atoms with E-state index in [1.54, 1.807) is 0 Å². The second-order valence-electron chi connectivity index (χ2n) is 5.26. The van der Waals surface area contributed by atoms with Crippen LogP contribution in [-0.2, 0) is 6.42 Å². The van der Waals surface area contributed by atoms with Crippen molar-refractivity contribution < 1.29 is 4.79 Å². The van der Waals surface area contributed by atoms with E-state index in [4.69, 9.17) is 0 Å². The molecule has 1 aromatic rings. The number of amides is 1. The van der Waals surface area contributed by atoms with E-state index in [1.807, 2.05) is 12.1 Å². The summed E-state index contributed by atoms with van der Waals surface area (Å²) in [5.41, 5.74) is 3.10. The summed E-state index contributed by atoms with van der Waals surface area (Å²) in [7, 11) is 0. The highest BCUT2D eigenvalue weighted by molar-refractivity contribution is 6.00. The molecule has 0 saturated heterocycles. The van der Waals surface area contributed by atoms with Crippen LogP contribution in [0, 0.1) is 5.92 Å². The van der Waals surface area contributed by atoms with Gasteiger partial charge in [-0.3, -0.25) is 4.79 Å². The first-order valence-electron chi connectivity index (χ1n) is 7.40. The van der Waals surface area contributed by atoms with Gasteiger partial charge in [-0.05, 0) is 30.4 Å². The normalized spacial score (nSPS) is 13.8. The van der Waals surface area contributed by atoms with Gasteiger partial charge in [0.15, 0.2) is 0 Å². The van der Waals surface area contributed by atoms with Crippen molar-refractivity contribution in [1.29, 1.82) is 0 Å². The average molecular weight is 260 g/mol. The van der Waals surface area contributed by atoms with Crippen molar-refractivity contribution >= 4 is 11.6 Å². The minimum absolute atomic E-state index is 0.0538. The maximum atomic E-state index is 12.3. The zero-order valence-corrected chi connectivity index (χ0v) is 12.0. The largest absolute Gasteiger partial charge is 0.384 e. The van der Waals surface area contributed by atoms with Crippen LogP contribution in [0.1, 0.15) is 49.0 Å². The molecule has 0 atom stereocenters. The molecule has 104 valence electrons. The van der Waals surface area contributed by atoms with E-state index in [2.05, 4.69) is 30.5 Å². The van der Waals surface area contributed by atoms with Gasteiger partial charge >= 0.3 is 0 Å². The Morgan fingerprint density at radius 2 is 2.16 bits per heavy atom. The van der Waals surface area contributed by atoms with Gasteiger partial charge in [-0.1, -0.05) is 38.8 Å². The number of fused-ring (bicyclic) bond motifs is 1. The molecule has 0 spiro atoms. The van der Waals surface area contributed by atoms with Crippen molar-refractivity contribution in [3.63, 3.8) is 0 Å². The SMILES string of the molecule is CCC(CC)CNC(=O)c1cccc2c1NCCC2. The molecule has 0 aliphatic carbocycles. The van der Waals surface area contributed by atoms with E-state index in [0.29, 0.717) is 5.92 Å². The van der Waals surface area contributed by atoms with Gasteiger partial charge in [0.2, 0.25) is 0 Å². The Morgan fingerprint density at radius 1 is 1.37 bits per heavy atom. The van der Waals surface area contributed by atoms with Crippen molar-refractivity contribution in [1.82, 2.24) is 5.32 Å². The van der Waals surface area contributed by atoms with Gasteiger partial charge in [-0.2, -0.15) is 0 Å². The molecule has 1 aliphatic rings. The molecule has 0 aromatic heterocycles. The number of hydrogen-bond acceptors (Lipinski definition) is 2. The predicted octanol–water partition coefficient (Wildman–Crippen LogP) is 3.21. The van der Waals surface area contributed by atoms with Crippen molar-refractivity contribution in [2.75, 3.05) is 18.4 Å². The van der Waals surface area contributed by atoms with Gasteiger partial charge in [0.05, 0.1) is 11.3 Å². The van der Waals surface area contributed by atoms with Gasteiger partial charge in [-0.25, -0.2) is 0 Å². The highest BCUT2D eigenvalue weighted by Gasteiger charge is 2.17. The number of carbonyl (C=O) groups excluding carboxylic acids is 1. The number of para-hydroxylation sites is 1. The van der Waals surface area contributed by atoms with E-state index >= 15 is 0 Å². The second-order valence-corrected chi connectivity index (χ2v) is 5.26. The summed E-state index contributed by atoms with van der Waals surface area (Å²) in [6.07, 6.45) is 4.44. The molecule has 1 aliphatic heterocycles. The van der Waals surface area contributed by atoms with Gasteiger partial charge in [-0.15, -0.1) is 0 Å². The van der Waals surface area contributed by atoms with E-state index in [0.717, 1.165) is 50.0 Å². The van der Waals surface area contributed by atoms with E-state index in [9.17, 15) is 4.79 Å². The fourth-order valence-corrected chi connectivity index (χ4v) is 2.61. The molecule has 19 heavy (non-hydrogen) atoms. The fourth-order valence-electron chi connectivity index (χ4n) is 2.61. The number of nitrogens with one attached hydrogen (secondary N) is 2. The first-order chi connectivity index (χ1) is 9.26. The topological polar surface area (TPSA) is 41.1 Å². The highest BCUT2D eigenvalue weighted by Crippen LogP contribution is 2.25. The molecule has 1 heterocycles. The predicted molar refractivity (Wildman–Crippen MR) is 79.7 cm³/mol. The lowest BCUT2D eigenvalue weighted by Crippen LogP contribution is -2.30. The average Bonchev–Trinajstić information content (AvgIpc) is 2.47. The minimum Gasteiger partial charge on any atom is -0.384 e. The third-order valence-electron chi connectivity index (χ3n) is 4.03. The maximum absolute atomic E-state index is 12.3. The lowest BCUT2D eigenvalue weighted by Gasteiger charge is -2.21. The molecular weight excluding hydrogens is 236 g/mol. The lowest BCUT2D eigenvalue weighted by molar-refractivity contribution is 0.0947. The van der Waals surface area contributed by atoms with Gasteiger partial charge in [0.25, 0.3) is 5.91 Å². The molecular formula is C16H24N2O. The third-order valence-corrected chi connectivity index (χ3v) is 4.03. The summed E-state index contributed by atoms with van der Waals surface area (Å²) in [4.78, 5) is 12.3. The number of anilines is 1. The van der Waals surface area contributed by atoms with Crippen LogP contribution >= 0.6 is 0 Å². The summed E-state index contributed by atoms with van der Waals surface area (Å²) in [5.74, 6) is 0.634. The molecule has 1 aromatic carbocycles. The van der Waals surface area contributed by atoms with Crippen LogP contribution in [0.15, 0.2) is 18.2 Å². The molecule has 0 radical (unpaired) electrons. The molecule has 2 rings (SSSR count). The zero-order chi connectivity index (χ0) is 13.7. The first-order valence-corrected chi connectivity index (χ1v) is 7.40. The van der Waals surface area contributed by atoms with Crippen molar-refractivity contribution in [3.8, 4) is 0 Å². The number of rotatable bonds is 5. The second kappa shape index (κ2) is 6.60. The highest BCUT2D eigenvalue weighted by atomic mass is 16.1. The maximum Gasteiger partial charge on any atom is 0.253 e. The minimum atomic E-state index is 0.0538. The van der Waals surface area contributed by atoms with Crippen molar-refractivity contribution in [2.45, 2.75) is 39.5 Å². The Labute approximate surface area is 115 Å². The first kappa shape index (κ1) is 13.9. The Bertz CT molecular complexity index is 438. The van der Waals surface area contributed by atoms with Crippen LogP contribution < -0.4 is 10.6 Å². The third kappa shape index (κ3) is 3.28. The summed E-state index contributed by atoms with van der Waals surface area (Å²) < 4.78 is 0. The molecule has 0 unspecified atom stereocenters. The van der Waals surface area contributed by atoms with E-state index in [-0.39, 0.29) is 5.91 Å². The smallest absolute Gasteiger partial charge is 0.253 e. The van der Waals surface area contributed by atoms with Crippen molar-refractivity contribution in [3.05, 3.63) is 29.3 Å². The van der Waals surface area contributed by atoms with Gasteiger partial charge < -0.3 is 10.6 Å². The quantitative estimate of drug-likeness (QED) is 0.853. The van der Waals surface area contributed by atoms with E-state index < -0.39 is 0 Å². The summed E-state index contributed by atoms with van der Waals surface area (Å²) in [5, 5.41) is 6.44. The molecule has 0 fully saturated rings. The van der Waals surface area contributed by atoms with E-state index in [1.165, 1.54) is 5.56 Å². The standard InChI is InChI=1S/C16H24N2O/c1-3-12(4-2)11-18-16(19)14-9-5-7-13-8-6-10-17-15(13)14/h5,7,9,12,17H,3-4,6,8,10-11H2,1-2H3,(H,18,19). The number of hydrogen-bond donors (Lipinski definition) is 2. The monoisotopic (exact) mass is 260 g/mol. The molecule has 3 nitrogen and oxygen atoms in total. The van der Waals surface area contributed by atoms with Gasteiger partial charge in [0, 0.05) is 13.1 Å². The Morgan fingerprint density at radius 3 is 2.89 bits per heavy atom. The molecule has 1 amide bonds. The lowest BCUT2D eigenvalue weighted by atomic mass is 9.98. The van der Waals surface area contributed by atoms with Crippen molar-refractivity contribution in [2.24, 2.45) is 5.92 Å². The molecule has 3 heteroatoms. The number of aryl methyl sites for hydroxylation is 1. The van der Waals surface area contributed by atoms with Crippen LogP contribution in [0.3, 0.4) is 0 Å². The summed E-state index contributed by atoms with van der Waals surface area (Å²) in [6.45, 7) is 6.08. The number of carbonyl (C=O) groups is 1. The van der Waals surface area contributed by atoms with Crippen LogP contribution in [0.25, 0.3) is 0 Å². The van der Waals surface area contributed by atoms with Crippen LogP contribution in [0.5, 0.6) is 0 Å². The molecule has 2 N–H and O–H groups in total. The molecule has 0 saturated carbocycles. The Hall–Kier alpha value is -1.51.